The highest BCUT2D eigenvalue weighted by molar-refractivity contribution is 6.28. The number of rotatable bonds is 5. The summed E-state index contributed by atoms with van der Waals surface area (Å²) in [5.74, 6) is 1.33. The fraction of sp³-hybridized carbons (Fsp3) is 0.333. The molecule has 2 aromatic heterocycles. The Labute approximate surface area is 110 Å². The van der Waals surface area contributed by atoms with Crippen molar-refractivity contribution in [2.24, 2.45) is 0 Å². The number of methoxy groups -OCH3 is 1. The van der Waals surface area contributed by atoms with E-state index in [4.69, 9.17) is 20.8 Å². The number of furan rings is 1. The van der Waals surface area contributed by atoms with E-state index in [1.54, 1.807) is 19.2 Å². The van der Waals surface area contributed by atoms with Crippen LogP contribution < -0.4 is 10.1 Å². The van der Waals surface area contributed by atoms with Crippen LogP contribution in [0.1, 0.15) is 17.5 Å². The van der Waals surface area contributed by atoms with Crippen LogP contribution in [0.2, 0.25) is 5.22 Å². The van der Waals surface area contributed by atoms with E-state index in [2.05, 4.69) is 15.3 Å². The van der Waals surface area contributed by atoms with Crippen LogP contribution in [0.25, 0.3) is 0 Å². The lowest BCUT2D eigenvalue weighted by atomic mass is 10.1. The number of hydrogen-bond acceptors (Lipinski definition) is 5. The number of ether oxygens (including phenoxy) is 1. The Morgan fingerprint density at radius 1 is 1.44 bits per heavy atom. The Balaban J connectivity index is 2.14. The second-order valence-electron chi connectivity index (χ2n) is 3.74. The molecule has 1 N–H and O–H groups in total. The molecule has 0 radical (unpaired) electrons. The zero-order valence-electron chi connectivity index (χ0n) is 10.2. The van der Waals surface area contributed by atoms with Gasteiger partial charge in [-0.25, -0.2) is 9.97 Å². The Hall–Kier alpha value is -1.59. The molecule has 0 fully saturated rings. The SMILES string of the molecule is CNC(Cc1cc(OC)ncn1)c1ccc(Cl)o1. The highest BCUT2D eigenvalue weighted by Gasteiger charge is 2.15. The first-order chi connectivity index (χ1) is 8.72. The number of nitrogens with zero attached hydrogens (tertiary/aromatic N) is 2. The monoisotopic (exact) mass is 267 g/mol. The summed E-state index contributed by atoms with van der Waals surface area (Å²) in [5.41, 5.74) is 0.869. The second-order valence-corrected chi connectivity index (χ2v) is 4.11. The third-order valence-corrected chi connectivity index (χ3v) is 2.81. The average molecular weight is 268 g/mol. The molecule has 1 unspecified atom stereocenters. The number of aromatic nitrogens is 2. The van der Waals surface area contributed by atoms with Gasteiger partial charge in [0.1, 0.15) is 12.1 Å². The van der Waals surface area contributed by atoms with Crippen LogP contribution >= 0.6 is 11.6 Å². The van der Waals surface area contributed by atoms with Crippen molar-refractivity contribution in [2.75, 3.05) is 14.2 Å². The molecule has 1 atom stereocenters. The lowest BCUT2D eigenvalue weighted by Gasteiger charge is -2.13. The smallest absolute Gasteiger partial charge is 0.216 e. The summed E-state index contributed by atoms with van der Waals surface area (Å²) < 4.78 is 10.5. The van der Waals surface area contributed by atoms with Gasteiger partial charge in [-0.1, -0.05) is 0 Å². The topological polar surface area (TPSA) is 60.2 Å². The van der Waals surface area contributed by atoms with Crippen LogP contribution in [-0.2, 0) is 6.42 Å². The van der Waals surface area contributed by atoms with Crippen molar-refractivity contribution >= 4 is 11.6 Å². The first kappa shape index (κ1) is 12.9. The summed E-state index contributed by atoms with van der Waals surface area (Å²) in [7, 11) is 3.44. The quantitative estimate of drug-likeness (QED) is 0.900. The van der Waals surface area contributed by atoms with Crippen molar-refractivity contribution in [3.8, 4) is 5.88 Å². The molecule has 6 heteroatoms. The van der Waals surface area contributed by atoms with Crippen LogP contribution in [0, 0.1) is 0 Å². The van der Waals surface area contributed by atoms with Gasteiger partial charge in [-0.05, 0) is 30.8 Å². The van der Waals surface area contributed by atoms with Crippen molar-refractivity contribution < 1.29 is 9.15 Å². The first-order valence-electron chi connectivity index (χ1n) is 5.50. The number of nitrogens with one attached hydrogen (secondary N) is 1. The Kier molecular flexibility index (Phi) is 4.17. The molecule has 0 bridgehead atoms. The van der Waals surface area contributed by atoms with Gasteiger partial charge < -0.3 is 14.5 Å². The lowest BCUT2D eigenvalue weighted by molar-refractivity contribution is 0.393. The van der Waals surface area contributed by atoms with Crippen molar-refractivity contribution in [1.82, 2.24) is 15.3 Å². The molecule has 96 valence electrons. The van der Waals surface area contributed by atoms with E-state index in [1.165, 1.54) is 6.33 Å². The molecule has 0 amide bonds. The minimum atomic E-state index is 0.0112. The van der Waals surface area contributed by atoms with Crippen molar-refractivity contribution in [3.05, 3.63) is 41.2 Å². The molecule has 2 rings (SSSR count). The van der Waals surface area contributed by atoms with Crippen LogP contribution in [0.4, 0.5) is 0 Å². The van der Waals surface area contributed by atoms with E-state index in [1.807, 2.05) is 13.1 Å². The third-order valence-electron chi connectivity index (χ3n) is 2.61. The molecule has 0 aliphatic rings. The molecule has 0 aromatic carbocycles. The zero-order valence-corrected chi connectivity index (χ0v) is 10.9. The van der Waals surface area contributed by atoms with Crippen molar-refractivity contribution in [1.29, 1.82) is 0 Å². The molecule has 18 heavy (non-hydrogen) atoms. The Bertz CT molecular complexity index is 516. The number of hydrogen-bond donors (Lipinski definition) is 1. The molecule has 2 heterocycles. The molecule has 0 aliphatic heterocycles. The van der Waals surface area contributed by atoms with E-state index in [9.17, 15) is 0 Å². The molecular weight excluding hydrogens is 254 g/mol. The molecule has 0 saturated heterocycles. The summed E-state index contributed by atoms with van der Waals surface area (Å²) in [6, 6.07) is 5.38. The second kappa shape index (κ2) is 5.84. The van der Waals surface area contributed by atoms with Gasteiger partial charge >= 0.3 is 0 Å². The minimum absolute atomic E-state index is 0.0112. The molecule has 0 spiro atoms. The largest absolute Gasteiger partial charge is 0.481 e. The van der Waals surface area contributed by atoms with Gasteiger partial charge in [-0.3, -0.25) is 0 Å². The predicted molar refractivity (Wildman–Crippen MR) is 67.8 cm³/mol. The summed E-state index contributed by atoms with van der Waals surface area (Å²) >= 11 is 5.77. The van der Waals surface area contributed by atoms with Crippen LogP contribution in [0.3, 0.4) is 0 Å². The Morgan fingerprint density at radius 2 is 2.28 bits per heavy atom. The molecule has 0 aliphatic carbocycles. The van der Waals surface area contributed by atoms with E-state index in [0.29, 0.717) is 17.5 Å². The van der Waals surface area contributed by atoms with E-state index in [-0.39, 0.29) is 6.04 Å². The molecular formula is C12H14ClN3O2. The van der Waals surface area contributed by atoms with Gasteiger partial charge in [-0.15, -0.1) is 0 Å². The highest BCUT2D eigenvalue weighted by atomic mass is 35.5. The van der Waals surface area contributed by atoms with E-state index >= 15 is 0 Å². The maximum Gasteiger partial charge on any atom is 0.216 e. The van der Waals surface area contributed by atoms with Gasteiger partial charge in [0, 0.05) is 18.2 Å². The summed E-state index contributed by atoms with van der Waals surface area (Å²) in [5, 5.41) is 3.54. The maximum atomic E-state index is 5.77. The minimum Gasteiger partial charge on any atom is -0.481 e. The molecule has 0 saturated carbocycles. The first-order valence-corrected chi connectivity index (χ1v) is 5.88. The average Bonchev–Trinajstić information content (AvgIpc) is 2.82. The normalized spacial score (nSPS) is 12.4. The molecule has 2 aromatic rings. The highest BCUT2D eigenvalue weighted by Crippen LogP contribution is 2.22. The van der Waals surface area contributed by atoms with Crippen LogP contribution in [0.5, 0.6) is 5.88 Å². The van der Waals surface area contributed by atoms with Crippen molar-refractivity contribution in [2.45, 2.75) is 12.5 Å². The van der Waals surface area contributed by atoms with Gasteiger partial charge in [0.25, 0.3) is 0 Å². The van der Waals surface area contributed by atoms with E-state index in [0.717, 1.165) is 11.5 Å². The number of halogens is 1. The van der Waals surface area contributed by atoms with Crippen LogP contribution in [0.15, 0.2) is 28.9 Å². The third kappa shape index (κ3) is 3.00. The van der Waals surface area contributed by atoms with Crippen LogP contribution in [-0.4, -0.2) is 24.1 Å². The van der Waals surface area contributed by atoms with Gasteiger partial charge in [-0.2, -0.15) is 0 Å². The van der Waals surface area contributed by atoms with Crippen molar-refractivity contribution in [3.63, 3.8) is 0 Å². The number of likely N-dealkylation sites (N-methyl/N-ethyl adjacent to an activating group) is 1. The summed E-state index contributed by atoms with van der Waals surface area (Å²) in [4.78, 5) is 8.17. The van der Waals surface area contributed by atoms with Gasteiger partial charge in [0.15, 0.2) is 5.22 Å². The fourth-order valence-electron chi connectivity index (χ4n) is 1.67. The maximum absolute atomic E-state index is 5.77. The summed E-state index contributed by atoms with van der Waals surface area (Å²) in [6.07, 6.45) is 2.15. The Morgan fingerprint density at radius 3 is 2.89 bits per heavy atom. The zero-order chi connectivity index (χ0) is 13.0. The predicted octanol–water partition coefficient (Wildman–Crippen LogP) is 2.23. The summed E-state index contributed by atoms with van der Waals surface area (Å²) in [6.45, 7) is 0. The van der Waals surface area contributed by atoms with Gasteiger partial charge in [0.2, 0.25) is 5.88 Å². The van der Waals surface area contributed by atoms with E-state index < -0.39 is 0 Å². The van der Waals surface area contributed by atoms with Gasteiger partial charge in [0.05, 0.1) is 13.2 Å². The fourth-order valence-corrected chi connectivity index (χ4v) is 1.82. The lowest BCUT2D eigenvalue weighted by Crippen LogP contribution is -2.18. The molecule has 5 nitrogen and oxygen atoms in total. The standard InChI is InChI=1S/C12H14ClN3O2/c1-14-9(10-3-4-11(13)18-10)5-8-6-12(17-2)16-7-15-8/h3-4,6-7,9,14H,5H2,1-2H3.